The Morgan fingerprint density at radius 1 is 0.897 bits per heavy atom. The maximum atomic E-state index is 13.8. The Balaban J connectivity index is 1.54. The Morgan fingerprint density at radius 3 is 2.18 bits per heavy atom. The summed E-state index contributed by atoms with van der Waals surface area (Å²) in [6.45, 7) is 4.79. The third kappa shape index (κ3) is 8.94. The topological polar surface area (TPSA) is 71.1 Å². The third-order valence-corrected chi connectivity index (χ3v) is 7.08. The molecule has 1 heterocycles. The van der Waals surface area contributed by atoms with E-state index in [-0.39, 0.29) is 11.8 Å². The van der Waals surface area contributed by atoms with E-state index in [4.69, 9.17) is 9.47 Å². The molecule has 0 aliphatic carbocycles. The van der Waals surface area contributed by atoms with Gasteiger partial charge in [0, 0.05) is 45.6 Å². The van der Waals surface area contributed by atoms with Gasteiger partial charge in [0.1, 0.15) is 11.8 Å². The van der Waals surface area contributed by atoms with Gasteiger partial charge in [-0.2, -0.15) is 0 Å². The van der Waals surface area contributed by atoms with E-state index in [2.05, 4.69) is 10.2 Å². The predicted octanol–water partition coefficient (Wildman–Crippen LogP) is 3.72. The highest BCUT2D eigenvalue weighted by molar-refractivity contribution is 5.88. The van der Waals surface area contributed by atoms with Crippen LogP contribution in [-0.2, 0) is 33.7 Å². The number of rotatable bonds is 13. The van der Waals surface area contributed by atoms with Crippen LogP contribution < -0.4 is 10.1 Å². The zero-order valence-corrected chi connectivity index (χ0v) is 22.8. The summed E-state index contributed by atoms with van der Waals surface area (Å²) < 4.78 is 10.7. The number of amides is 2. The fourth-order valence-electron chi connectivity index (χ4n) is 4.80. The van der Waals surface area contributed by atoms with E-state index < -0.39 is 6.04 Å². The van der Waals surface area contributed by atoms with Crippen molar-refractivity contribution in [2.24, 2.45) is 0 Å². The highest BCUT2D eigenvalue weighted by Crippen LogP contribution is 2.19. The Labute approximate surface area is 231 Å². The normalized spacial score (nSPS) is 14.4. The average molecular weight is 530 g/mol. The molecule has 39 heavy (non-hydrogen) atoms. The van der Waals surface area contributed by atoms with Gasteiger partial charge in [0.25, 0.3) is 0 Å². The van der Waals surface area contributed by atoms with Gasteiger partial charge in [-0.15, -0.1) is 0 Å². The highest BCUT2D eigenvalue weighted by atomic mass is 16.5. The first-order chi connectivity index (χ1) is 19.1. The molecule has 1 aliphatic heterocycles. The molecule has 4 rings (SSSR count). The van der Waals surface area contributed by atoms with Gasteiger partial charge >= 0.3 is 0 Å². The SMILES string of the molecule is COc1ccc(CN(C(=O)CCc2ccccc2)[C@H](Cc2ccccc2)C(=O)NCCN2CCOCC2)cc1. The molecule has 3 aromatic carbocycles. The molecule has 1 fully saturated rings. The molecule has 1 aliphatic rings. The molecule has 0 saturated carbocycles. The van der Waals surface area contributed by atoms with Crippen molar-refractivity contribution in [1.29, 1.82) is 0 Å². The molecule has 0 bridgehead atoms. The van der Waals surface area contributed by atoms with Crippen LogP contribution in [-0.4, -0.2) is 74.2 Å². The third-order valence-electron chi connectivity index (χ3n) is 7.08. The molecule has 206 valence electrons. The number of nitrogens with zero attached hydrogens (tertiary/aromatic N) is 2. The van der Waals surface area contributed by atoms with Crippen LogP contribution in [0.1, 0.15) is 23.1 Å². The Bertz CT molecular complexity index is 1150. The summed E-state index contributed by atoms with van der Waals surface area (Å²) in [6, 6.07) is 26.9. The molecule has 1 saturated heterocycles. The molecule has 2 amide bonds. The van der Waals surface area contributed by atoms with E-state index in [0.29, 0.717) is 32.4 Å². The van der Waals surface area contributed by atoms with Crippen LogP contribution in [0.3, 0.4) is 0 Å². The summed E-state index contributed by atoms with van der Waals surface area (Å²) in [5, 5.41) is 3.13. The van der Waals surface area contributed by atoms with Crippen molar-refractivity contribution in [3.8, 4) is 5.75 Å². The van der Waals surface area contributed by atoms with E-state index in [0.717, 1.165) is 55.3 Å². The van der Waals surface area contributed by atoms with Gasteiger partial charge in [0.2, 0.25) is 11.8 Å². The van der Waals surface area contributed by atoms with Gasteiger partial charge in [-0.25, -0.2) is 0 Å². The van der Waals surface area contributed by atoms with Crippen molar-refractivity contribution in [2.45, 2.75) is 31.8 Å². The van der Waals surface area contributed by atoms with Crippen LogP contribution in [0.25, 0.3) is 0 Å². The Kier molecular flexibility index (Phi) is 10.9. The summed E-state index contributed by atoms with van der Waals surface area (Å²) in [5.41, 5.74) is 3.06. The second-order valence-electron chi connectivity index (χ2n) is 9.81. The van der Waals surface area contributed by atoms with Crippen molar-refractivity contribution >= 4 is 11.8 Å². The standard InChI is InChI=1S/C32H39N3O4/c1-38-29-15-12-28(13-16-29)25-35(31(36)17-14-26-8-4-2-5-9-26)30(24-27-10-6-3-7-11-27)32(37)33-18-19-34-20-22-39-23-21-34/h2-13,15-16,30H,14,17-25H2,1H3,(H,33,37)/t30-/m1/s1. The predicted molar refractivity (Wildman–Crippen MR) is 153 cm³/mol. The first-order valence-electron chi connectivity index (χ1n) is 13.7. The lowest BCUT2D eigenvalue weighted by molar-refractivity contribution is -0.141. The smallest absolute Gasteiger partial charge is 0.243 e. The molecular formula is C32H39N3O4. The maximum absolute atomic E-state index is 13.8. The largest absolute Gasteiger partial charge is 0.497 e. The molecular weight excluding hydrogens is 490 g/mol. The number of carbonyl (C=O) groups excluding carboxylic acids is 2. The highest BCUT2D eigenvalue weighted by Gasteiger charge is 2.30. The quantitative estimate of drug-likeness (QED) is 0.366. The molecule has 0 spiro atoms. The number of aryl methyl sites for hydroxylation is 1. The van der Waals surface area contributed by atoms with E-state index in [9.17, 15) is 9.59 Å². The minimum Gasteiger partial charge on any atom is -0.497 e. The number of methoxy groups -OCH3 is 1. The number of carbonyl (C=O) groups is 2. The van der Waals surface area contributed by atoms with Crippen LogP contribution in [0.4, 0.5) is 0 Å². The fourth-order valence-corrected chi connectivity index (χ4v) is 4.80. The Hall–Kier alpha value is -3.68. The minimum absolute atomic E-state index is 0.0427. The number of hydrogen-bond donors (Lipinski definition) is 1. The first kappa shape index (κ1) is 28.3. The zero-order valence-electron chi connectivity index (χ0n) is 22.8. The van der Waals surface area contributed by atoms with Crippen LogP contribution in [0, 0.1) is 0 Å². The number of morpholine rings is 1. The first-order valence-corrected chi connectivity index (χ1v) is 13.7. The van der Waals surface area contributed by atoms with Crippen molar-refractivity contribution in [3.05, 3.63) is 102 Å². The second kappa shape index (κ2) is 15.0. The molecule has 0 aromatic heterocycles. The van der Waals surface area contributed by atoms with Crippen molar-refractivity contribution in [1.82, 2.24) is 15.1 Å². The lowest BCUT2D eigenvalue weighted by Gasteiger charge is -2.32. The molecule has 7 heteroatoms. The minimum atomic E-state index is -0.637. The second-order valence-corrected chi connectivity index (χ2v) is 9.81. The molecule has 0 radical (unpaired) electrons. The van der Waals surface area contributed by atoms with E-state index in [1.54, 1.807) is 12.0 Å². The van der Waals surface area contributed by atoms with Crippen molar-refractivity contribution in [2.75, 3.05) is 46.5 Å². The van der Waals surface area contributed by atoms with Gasteiger partial charge in [-0.3, -0.25) is 14.5 Å². The van der Waals surface area contributed by atoms with Gasteiger partial charge in [-0.1, -0.05) is 72.8 Å². The van der Waals surface area contributed by atoms with E-state index >= 15 is 0 Å². The number of ether oxygens (including phenoxy) is 2. The monoisotopic (exact) mass is 529 g/mol. The molecule has 0 unspecified atom stereocenters. The number of nitrogens with one attached hydrogen (secondary N) is 1. The van der Waals surface area contributed by atoms with Crippen LogP contribution in [0.5, 0.6) is 5.75 Å². The van der Waals surface area contributed by atoms with Crippen LogP contribution in [0.2, 0.25) is 0 Å². The molecule has 3 aromatic rings. The lowest BCUT2D eigenvalue weighted by atomic mass is 10.0. The lowest BCUT2D eigenvalue weighted by Crippen LogP contribution is -2.52. The number of benzene rings is 3. The van der Waals surface area contributed by atoms with Crippen LogP contribution in [0.15, 0.2) is 84.9 Å². The average Bonchev–Trinajstić information content (AvgIpc) is 2.99. The molecule has 7 nitrogen and oxygen atoms in total. The zero-order chi connectivity index (χ0) is 27.3. The summed E-state index contributed by atoms with van der Waals surface area (Å²) in [7, 11) is 1.63. The summed E-state index contributed by atoms with van der Waals surface area (Å²) in [4.78, 5) is 31.6. The summed E-state index contributed by atoms with van der Waals surface area (Å²) >= 11 is 0. The summed E-state index contributed by atoms with van der Waals surface area (Å²) in [6.07, 6.45) is 1.39. The molecule has 1 atom stereocenters. The van der Waals surface area contributed by atoms with E-state index in [1.807, 2.05) is 84.9 Å². The summed E-state index contributed by atoms with van der Waals surface area (Å²) in [5.74, 6) is 0.579. The van der Waals surface area contributed by atoms with Gasteiger partial charge in [0.05, 0.1) is 20.3 Å². The van der Waals surface area contributed by atoms with Gasteiger partial charge < -0.3 is 19.7 Å². The van der Waals surface area contributed by atoms with E-state index in [1.165, 1.54) is 0 Å². The van der Waals surface area contributed by atoms with Crippen molar-refractivity contribution < 1.29 is 19.1 Å². The van der Waals surface area contributed by atoms with Gasteiger partial charge in [0.15, 0.2) is 0 Å². The fraction of sp³-hybridized carbons (Fsp3) is 0.375. The Morgan fingerprint density at radius 2 is 1.54 bits per heavy atom. The van der Waals surface area contributed by atoms with Gasteiger partial charge in [-0.05, 0) is 35.2 Å². The molecule has 1 N–H and O–H groups in total. The maximum Gasteiger partial charge on any atom is 0.243 e. The van der Waals surface area contributed by atoms with Crippen LogP contribution >= 0.6 is 0 Å². The van der Waals surface area contributed by atoms with Crippen molar-refractivity contribution in [3.63, 3.8) is 0 Å². The number of hydrogen-bond acceptors (Lipinski definition) is 5.